The molecular formula is C7H12O3. The molecule has 0 bridgehead atoms. The molecule has 3 nitrogen and oxygen atoms in total. The summed E-state index contributed by atoms with van der Waals surface area (Å²) < 4.78 is 0. The van der Waals surface area contributed by atoms with Crippen LogP contribution in [0.1, 0.15) is 26.2 Å². The van der Waals surface area contributed by atoms with Crippen LogP contribution in [0.3, 0.4) is 0 Å². The van der Waals surface area contributed by atoms with Gasteiger partial charge in [0.1, 0.15) is 0 Å². The van der Waals surface area contributed by atoms with Crippen LogP contribution in [0.15, 0.2) is 0 Å². The molecule has 0 amide bonds. The van der Waals surface area contributed by atoms with Gasteiger partial charge < -0.3 is 10.2 Å². The molecule has 2 N–H and O–H groups in total. The van der Waals surface area contributed by atoms with E-state index in [1.807, 2.05) is 0 Å². The molecule has 1 aliphatic rings. The predicted octanol–water partition coefficient (Wildman–Crippen LogP) is 0.622. The molecule has 0 aromatic carbocycles. The summed E-state index contributed by atoms with van der Waals surface area (Å²) in [6, 6.07) is 0. The fraction of sp³-hybridized carbons (Fsp3) is 0.857. The van der Waals surface area contributed by atoms with Crippen molar-refractivity contribution in [3.05, 3.63) is 0 Å². The van der Waals surface area contributed by atoms with Gasteiger partial charge in [-0.15, -0.1) is 0 Å². The number of carbonyl (C=O) groups is 1. The van der Waals surface area contributed by atoms with Crippen LogP contribution >= 0.6 is 0 Å². The third-order valence-corrected chi connectivity index (χ3v) is 2.24. The lowest BCUT2D eigenvalue weighted by atomic mass is 9.98. The second kappa shape index (κ2) is 2.23. The smallest absolute Gasteiger partial charge is 0.312 e. The summed E-state index contributed by atoms with van der Waals surface area (Å²) >= 11 is 0. The maximum Gasteiger partial charge on any atom is 0.312 e. The van der Waals surface area contributed by atoms with Crippen LogP contribution in [-0.2, 0) is 4.79 Å². The van der Waals surface area contributed by atoms with Gasteiger partial charge in [0.15, 0.2) is 0 Å². The topological polar surface area (TPSA) is 57.5 Å². The van der Waals surface area contributed by atoms with Crippen molar-refractivity contribution >= 4 is 5.97 Å². The lowest BCUT2D eigenvalue weighted by Gasteiger charge is -2.14. The quantitative estimate of drug-likeness (QED) is 0.610. The van der Waals surface area contributed by atoms with Crippen LogP contribution in [0.2, 0.25) is 0 Å². The van der Waals surface area contributed by atoms with Gasteiger partial charge in [-0.1, -0.05) is 6.92 Å². The molecule has 1 atom stereocenters. The van der Waals surface area contributed by atoms with Gasteiger partial charge >= 0.3 is 5.97 Å². The number of aliphatic hydroxyl groups is 1. The molecule has 1 rings (SSSR count). The summed E-state index contributed by atoms with van der Waals surface area (Å²) in [6.45, 7) is 1.80. The molecule has 0 aromatic heterocycles. The zero-order chi connectivity index (χ0) is 7.78. The number of aliphatic carboxylic acids is 1. The van der Waals surface area contributed by atoms with Gasteiger partial charge in [-0.25, -0.2) is 0 Å². The Bertz CT molecular complexity index is 149. The molecule has 0 saturated heterocycles. The second-order valence-electron chi connectivity index (χ2n) is 2.89. The first kappa shape index (κ1) is 7.54. The highest BCUT2D eigenvalue weighted by atomic mass is 16.4. The lowest BCUT2D eigenvalue weighted by molar-refractivity contribution is -0.148. The van der Waals surface area contributed by atoms with Crippen LogP contribution < -0.4 is 0 Å². The number of hydrogen-bond donors (Lipinski definition) is 2. The zero-order valence-corrected chi connectivity index (χ0v) is 6.00. The Balaban J connectivity index is 2.60. The maximum atomic E-state index is 10.5. The summed E-state index contributed by atoms with van der Waals surface area (Å²) in [6.07, 6.45) is 1.16. The van der Waals surface area contributed by atoms with Gasteiger partial charge in [-0.3, -0.25) is 4.79 Å². The van der Waals surface area contributed by atoms with Crippen LogP contribution in [0, 0.1) is 5.41 Å². The number of aliphatic hydroxyl groups excluding tert-OH is 1. The summed E-state index contributed by atoms with van der Waals surface area (Å²) in [7, 11) is 0. The average molecular weight is 144 g/mol. The predicted molar refractivity (Wildman–Crippen MR) is 35.6 cm³/mol. The molecule has 0 radical (unpaired) electrons. The van der Waals surface area contributed by atoms with E-state index in [2.05, 4.69) is 0 Å². The first-order chi connectivity index (χ1) is 4.63. The monoisotopic (exact) mass is 144 g/mol. The molecule has 58 valence electrons. The Morgan fingerprint density at radius 1 is 1.70 bits per heavy atom. The Morgan fingerprint density at radius 3 is 2.30 bits per heavy atom. The van der Waals surface area contributed by atoms with E-state index in [-0.39, 0.29) is 0 Å². The van der Waals surface area contributed by atoms with Crippen molar-refractivity contribution in [1.82, 2.24) is 0 Å². The maximum absolute atomic E-state index is 10.5. The van der Waals surface area contributed by atoms with Gasteiger partial charge in [-0.05, 0) is 19.3 Å². The summed E-state index contributed by atoms with van der Waals surface area (Å²) in [5.41, 5.74) is -0.769. The molecule has 0 aliphatic heterocycles. The van der Waals surface area contributed by atoms with E-state index in [0.29, 0.717) is 19.3 Å². The van der Waals surface area contributed by atoms with E-state index in [0.717, 1.165) is 0 Å². The molecule has 0 aromatic rings. The minimum Gasteiger partial charge on any atom is -0.481 e. The van der Waals surface area contributed by atoms with E-state index in [1.54, 1.807) is 6.92 Å². The Hall–Kier alpha value is -0.570. The highest BCUT2D eigenvalue weighted by Crippen LogP contribution is 2.49. The van der Waals surface area contributed by atoms with Crippen molar-refractivity contribution in [1.29, 1.82) is 0 Å². The van der Waals surface area contributed by atoms with Crippen LogP contribution in [0.4, 0.5) is 0 Å². The van der Waals surface area contributed by atoms with Crippen LogP contribution in [-0.4, -0.2) is 22.3 Å². The van der Waals surface area contributed by atoms with Crippen LogP contribution in [0.25, 0.3) is 0 Å². The Morgan fingerprint density at radius 2 is 2.20 bits per heavy atom. The molecule has 10 heavy (non-hydrogen) atoms. The van der Waals surface area contributed by atoms with Crippen molar-refractivity contribution in [3.8, 4) is 0 Å². The normalized spacial score (nSPS) is 23.8. The molecular weight excluding hydrogens is 132 g/mol. The average Bonchev–Trinajstić information content (AvgIpc) is 2.65. The van der Waals surface area contributed by atoms with Crippen LogP contribution in [0.5, 0.6) is 0 Å². The molecule has 1 saturated carbocycles. The van der Waals surface area contributed by atoms with Gasteiger partial charge in [0.25, 0.3) is 0 Å². The third kappa shape index (κ3) is 0.904. The van der Waals surface area contributed by atoms with Gasteiger partial charge in [0, 0.05) is 0 Å². The van der Waals surface area contributed by atoms with Crippen molar-refractivity contribution in [2.75, 3.05) is 0 Å². The lowest BCUT2D eigenvalue weighted by Crippen LogP contribution is -2.29. The number of carboxylic acid groups (broad SMARTS) is 1. The largest absolute Gasteiger partial charge is 0.481 e. The van der Waals surface area contributed by atoms with E-state index in [4.69, 9.17) is 5.11 Å². The summed E-state index contributed by atoms with van der Waals surface area (Å²) in [5, 5.41) is 17.9. The highest BCUT2D eigenvalue weighted by Gasteiger charge is 2.55. The van der Waals surface area contributed by atoms with Crippen molar-refractivity contribution in [2.24, 2.45) is 5.41 Å². The highest BCUT2D eigenvalue weighted by molar-refractivity contribution is 5.78. The number of rotatable bonds is 3. The van der Waals surface area contributed by atoms with Gasteiger partial charge in [0.2, 0.25) is 0 Å². The SMILES string of the molecule is CC[C@H](O)C1(C(=O)O)CC1. The molecule has 0 spiro atoms. The fourth-order valence-electron chi connectivity index (χ4n) is 1.22. The van der Waals surface area contributed by atoms with Crippen molar-refractivity contribution in [2.45, 2.75) is 32.3 Å². The Labute approximate surface area is 59.7 Å². The van der Waals surface area contributed by atoms with E-state index < -0.39 is 17.5 Å². The standard InChI is InChI=1S/C7H12O3/c1-2-5(8)7(3-4-7)6(9)10/h5,8H,2-4H2,1H3,(H,9,10)/t5-/m0/s1. The van der Waals surface area contributed by atoms with Gasteiger partial charge in [0.05, 0.1) is 11.5 Å². The third-order valence-electron chi connectivity index (χ3n) is 2.24. The molecule has 1 aliphatic carbocycles. The summed E-state index contributed by atoms with van der Waals surface area (Å²) in [4.78, 5) is 10.5. The minimum atomic E-state index is -0.846. The first-order valence-corrected chi connectivity index (χ1v) is 3.55. The molecule has 0 heterocycles. The number of hydrogen-bond acceptors (Lipinski definition) is 2. The first-order valence-electron chi connectivity index (χ1n) is 3.55. The zero-order valence-electron chi connectivity index (χ0n) is 6.00. The minimum absolute atomic E-state index is 0.534. The molecule has 1 fully saturated rings. The summed E-state index contributed by atoms with van der Waals surface area (Å²) in [5.74, 6) is -0.846. The van der Waals surface area contributed by atoms with Crippen molar-refractivity contribution < 1.29 is 15.0 Å². The Kier molecular flexibility index (Phi) is 1.68. The second-order valence-corrected chi connectivity index (χ2v) is 2.89. The van der Waals surface area contributed by atoms with E-state index >= 15 is 0 Å². The molecule has 0 unspecified atom stereocenters. The fourth-order valence-corrected chi connectivity index (χ4v) is 1.22. The van der Waals surface area contributed by atoms with E-state index in [1.165, 1.54) is 0 Å². The van der Waals surface area contributed by atoms with E-state index in [9.17, 15) is 9.90 Å². The molecule has 3 heteroatoms. The van der Waals surface area contributed by atoms with Gasteiger partial charge in [-0.2, -0.15) is 0 Å². The number of carboxylic acids is 1. The van der Waals surface area contributed by atoms with Crippen molar-refractivity contribution in [3.63, 3.8) is 0 Å².